The monoisotopic (exact) mass is 638 g/mol. The quantitative estimate of drug-likeness (QED) is 0.206. The van der Waals surface area contributed by atoms with Crippen LogP contribution in [-0.4, -0.2) is 45.9 Å². The molecule has 0 bridgehead atoms. The molecule has 1 heterocycles. The number of rotatable bonds is 9. The summed E-state index contributed by atoms with van der Waals surface area (Å²) >= 11 is 9.51. The molecule has 1 amide bonds. The predicted molar refractivity (Wildman–Crippen MR) is 146 cm³/mol. The van der Waals surface area contributed by atoms with Crippen molar-refractivity contribution in [2.24, 2.45) is 5.10 Å². The Morgan fingerprint density at radius 3 is 2.64 bits per heavy atom. The van der Waals surface area contributed by atoms with Crippen molar-refractivity contribution in [2.45, 2.75) is 11.8 Å². The number of methoxy groups -OCH3 is 1. The second-order valence-corrected chi connectivity index (χ2v) is 11.2. The lowest BCUT2D eigenvalue weighted by Gasteiger charge is -2.25. The Morgan fingerprint density at radius 2 is 1.95 bits per heavy atom. The number of nitrogens with one attached hydrogen (secondary N) is 1. The van der Waals surface area contributed by atoms with E-state index >= 15 is 0 Å². The number of nitrogens with zero attached hydrogens (tertiary/aromatic N) is 3. The topological polar surface area (TPSA) is 150 Å². The molecule has 0 radical (unpaired) electrons. The van der Waals surface area contributed by atoms with E-state index in [1.165, 1.54) is 50.6 Å². The van der Waals surface area contributed by atoms with E-state index in [0.29, 0.717) is 21.5 Å². The van der Waals surface area contributed by atoms with Crippen LogP contribution in [0.25, 0.3) is 0 Å². The van der Waals surface area contributed by atoms with Gasteiger partial charge in [-0.3, -0.25) is 19.2 Å². The molecule has 204 valence electrons. The van der Waals surface area contributed by atoms with Gasteiger partial charge in [-0.2, -0.15) is 5.10 Å². The number of benzene rings is 3. The van der Waals surface area contributed by atoms with Gasteiger partial charge in [-0.1, -0.05) is 17.7 Å². The molecule has 1 N–H and O–H groups in total. The van der Waals surface area contributed by atoms with Crippen molar-refractivity contribution >= 4 is 61.1 Å². The third-order valence-electron chi connectivity index (χ3n) is 5.55. The smallest absolute Gasteiger partial charge is 0.273 e. The highest BCUT2D eigenvalue weighted by atomic mass is 79.9. The van der Waals surface area contributed by atoms with Gasteiger partial charge in [0.15, 0.2) is 11.5 Å². The van der Waals surface area contributed by atoms with E-state index in [-0.39, 0.29) is 28.8 Å². The molecule has 3 aromatic rings. The van der Waals surface area contributed by atoms with Gasteiger partial charge in [0.2, 0.25) is 6.79 Å². The molecule has 39 heavy (non-hydrogen) atoms. The summed E-state index contributed by atoms with van der Waals surface area (Å²) in [5, 5.41) is 15.5. The van der Waals surface area contributed by atoms with E-state index in [4.69, 9.17) is 25.8 Å². The molecule has 4 rings (SSSR count). The lowest BCUT2D eigenvalue weighted by Crippen LogP contribution is -2.39. The minimum absolute atomic E-state index is 0.0501. The first-order valence-corrected chi connectivity index (χ1v) is 13.6. The minimum Gasteiger partial charge on any atom is -0.495 e. The zero-order chi connectivity index (χ0) is 28.3. The third kappa shape index (κ3) is 6.08. The number of amides is 1. The molecule has 1 aliphatic rings. The third-order valence-corrected chi connectivity index (χ3v) is 8.22. The number of hydrogen-bond donors (Lipinski definition) is 1. The van der Waals surface area contributed by atoms with E-state index in [2.05, 4.69) is 26.5 Å². The first kappa shape index (κ1) is 28.1. The van der Waals surface area contributed by atoms with Gasteiger partial charge in [-0.05, 0) is 59.3 Å². The first-order chi connectivity index (χ1) is 18.5. The number of nitro groups is 1. The first-order valence-electron chi connectivity index (χ1n) is 11.0. The highest BCUT2D eigenvalue weighted by molar-refractivity contribution is 9.10. The molecule has 0 unspecified atom stereocenters. The standard InChI is InChI=1S/C24H20BrClN4O8S/c1-14-3-5-17(9-19(14)30(32)33)39(34,35)29(20-8-16(26)4-6-21(20)36-2)12-24(31)28-27-11-15-7-22-23(10-18(15)25)38-13-37-22/h3-11H,12-13H2,1-2H3,(H,28,31)/b27-11-. The normalized spacial score (nSPS) is 12.4. The summed E-state index contributed by atoms with van der Waals surface area (Å²) in [5.41, 5.74) is 2.68. The van der Waals surface area contributed by atoms with Crippen molar-refractivity contribution in [3.05, 3.63) is 79.3 Å². The maximum Gasteiger partial charge on any atom is 0.273 e. The summed E-state index contributed by atoms with van der Waals surface area (Å²) in [7, 11) is -3.20. The van der Waals surface area contributed by atoms with Crippen molar-refractivity contribution in [3.63, 3.8) is 0 Å². The van der Waals surface area contributed by atoms with E-state index in [1.807, 2.05) is 0 Å². The van der Waals surface area contributed by atoms with Crippen molar-refractivity contribution in [1.29, 1.82) is 0 Å². The molecule has 15 heteroatoms. The van der Waals surface area contributed by atoms with Crippen LogP contribution in [0.5, 0.6) is 17.2 Å². The fraction of sp³-hybridized carbons (Fsp3) is 0.167. The molecule has 0 spiro atoms. The molecule has 0 aromatic heterocycles. The Labute approximate surface area is 236 Å². The Kier molecular flexibility index (Phi) is 8.28. The second-order valence-electron chi connectivity index (χ2n) is 8.05. The second kappa shape index (κ2) is 11.5. The van der Waals surface area contributed by atoms with Gasteiger partial charge in [-0.25, -0.2) is 13.8 Å². The number of fused-ring (bicyclic) bond motifs is 1. The van der Waals surface area contributed by atoms with Gasteiger partial charge in [0.25, 0.3) is 21.6 Å². The van der Waals surface area contributed by atoms with Gasteiger partial charge in [0.1, 0.15) is 12.3 Å². The van der Waals surface area contributed by atoms with Crippen LogP contribution in [0, 0.1) is 17.0 Å². The predicted octanol–water partition coefficient (Wildman–Crippen LogP) is 4.40. The van der Waals surface area contributed by atoms with Crippen molar-refractivity contribution < 1.29 is 32.3 Å². The maximum absolute atomic E-state index is 13.7. The summed E-state index contributed by atoms with van der Waals surface area (Å²) in [5.74, 6) is 0.347. The van der Waals surface area contributed by atoms with Crippen LogP contribution in [0.3, 0.4) is 0 Å². The van der Waals surface area contributed by atoms with Crippen LogP contribution >= 0.6 is 27.5 Å². The highest BCUT2D eigenvalue weighted by Crippen LogP contribution is 2.37. The summed E-state index contributed by atoms with van der Waals surface area (Å²) in [6, 6.07) is 11.0. The van der Waals surface area contributed by atoms with Crippen LogP contribution in [-0.2, 0) is 14.8 Å². The van der Waals surface area contributed by atoms with Crippen molar-refractivity contribution in [2.75, 3.05) is 24.8 Å². The average Bonchev–Trinajstić information content (AvgIpc) is 3.34. The molecule has 1 aliphatic heterocycles. The SMILES string of the molecule is COc1ccc(Cl)cc1N(CC(=O)N/N=C\c1cc2c(cc1Br)OCO2)S(=O)(=O)c1ccc(C)c([N+](=O)[O-])c1. The molecule has 0 aliphatic carbocycles. The number of nitro benzene ring substituents is 1. The highest BCUT2D eigenvalue weighted by Gasteiger charge is 2.31. The summed E-state index contributed by atoms with van der Waals surface area (Å²) in [6.07, 6.45) is 1.34. The number of hydrogen-bond acceptors (Lipinski definition) is 9. The number of carbonyl (C=O) groups is 1. The molecule has 12 nitrogen and oxygen atoms in total. The number of halogens is 2. The van der Waals surface area contributed by atoms with Gasteiger partial charge < -0.3 is 14.2 Å². The Bertz CT molecular complexity index is 1600. The van der Waals surface area contributed by atoms with Crippen LogP contribution < -0.4 is 23.9 Å². The van der Waals surface area contributed by atoms with Crippen molar-refractivity contribution in [3.8, 4) is 17.2 Å². The lowest BCUT2D eigenvalue weighted by molar-refractivity contribution is -0.385. The van der Waals surface area contributed by atoms with Crippen molar-refractivity contribution in [1.82, 2.24) is 5.43 Å². The van der Waals surface area contributed by atoms with Crippen LogP contribution in [0.2, 0.25) is 5.02 Å². The van der Waals surface area contributed by atoms with Gasteiger partial charge in [0, 0.05) is 26.7 Å². The summed E-state index contributed by atoms with van der Waals surface area (Å²) in [4.78, 5) is 23.3. The largest absolute Gasteiger partial charge is 0.495 e. The number of anilines is 1. The Hall–Kier alpha value is -3.88. The number of carbonyl (C=O) groups excluding carboxylic acids is 1. The van der Waals surface area contributed by atoms with Gasteiger partial charge >= 0.3 is 0 Å². The molecule has 0 atom stereocenters. The van der Waals surface area contributed by atoms with Gasteiger partial charge in [0.05, 0.1) is 28.8 Å². The van der Waals surface area contributed by atoms with E-state index in [1.54, 1.807) is 12.1 Å². The Morgan fingerprint density at radius 1 is 1.23 bits per heavy atom. The summed E-state index contributed by atoms with van der Waals surface area (Å²) < 4.78 is 44.8. The van der Waals surface area contributed by atoms with Gasteiger partial charge in [-0.15, -0.1) is 0 Å². The average molecular weight is 640 g/mol. The number of hydrazone groups is 1. The molecule has 3 aromatic carbocycles. The molecular formula is C24H20BrClN4O8S. The Balaban J connectivity index is 1.66. The zero-order valence-electron chi connectivity index (χ0n) is 20.4. The molecular weight excluding hydrogens is 620 g/mol. The molecule has 0 saturated carbocycles. The van der Waals surface area contributed by atoms with E-state index in [9.17, 15) is 23.3 Å². The fourth-order valence-corrected chi connectivity index (χ4v) is 5.64. The van der Waals surface area contributed by atoms with E-state index in [0.717, 1.165) is 10.4 Å². The fourth-order valence-electron chi connectivity index (χ4n) is 3.60. The van der Waals surface area contributed by atoms with Crippen LogP contribution in [0.15, 0.2) is 63.0 Å². The molecule has 0 fully saturated rings. The molecule has 0 saturated heterocycles. The zero-order valence-corrected chi connectivity index (χ0v) is 23.5. The van der Waals surface area contributed by atoms with E-state index < -0.39 is 38.0 Å². The number of sulfonamides is 1. The number of aryl methyl sites for hydroxylation is 1. The number of ether oxygens (including phenoxy) is 3. The van der Waals surface area contributed by atoms with Crippen LogP contribution in [0.1, 0.15) is 11.1 Å². The lowest BCUT2D eigenvalue weighted by atomic mass is 10.2. The minimum atomic E-state index is -4.52. The maximum atomic E-state index is 13.7. The van der Waals surface area contributed by atoms with Crippen LogP contribution in [0.4, 0.5) is 11.4 Å². The summed E-state index contributed by atoms with van der Waals surface area (Å²) in [6.45, 7) is 0.817.